The van der Waals surface area contributed by atoms with E-state index in [1.165, 1.54) is 19.3 Å². The van der Waals surface area contributed by atoms with Gasteiger partial charge in [0.1, 0.15) is 0 Å². The number of rotatable bonds is 10. The fourth-order valence-electron chi connectivity index (χ4n) is 1.90. The third kappa shape index (κ3) is 10.3. The lowest BCUT2D eigenvalue weighted by Gasteiger charge is -2.16. The topological polar surface area (TPSA) is 41.1 Å². The van der Waals surface area contributed by atoms with E-state index in [1.54, 1.807) is 0 Å². The van der Waals surface area contributed by atoms with Crippen LogP contribution in [0.25, 0.3) is 0 Å². The van der Waals surface area contributed by atoms with Gasteiger partial charge in [0.15, 0.2) is 0 Å². The first-order chi connectivity index (χ1) is 8.10. The lowest BCUT2D eigenvalue weighted by molar-refractivity contribution is -0.121. The number of unbranched alkanes of at least 4 members (excludes halogenated alkanes) is 2. The molecule has 0 saturated carbocycles. The predicted octanol–water partition coefficient (Wildman–Crippen LogP) is 2.85. The van der Waals surface area contributed by atoms with Crippen LogP contribution in [0.1, 0.15) is 66.2 Å². The molecule has 0 aromatic carbocycles. The minimum atomic E-state index is 0.119. The van der Waals surface area contributed by atoms with Crippen molar-refractivity contribution >= 4 is 5.91 Å². The van der Waals surface area contributed by atoms with E-state index in [9.17, 15) is 4.79 Å². The highest BCUT2D eigenvalue weighted by atomic mass is 16.1. The summed E-state index contributed by atoms with van der Waals surface area (Å²) < 4.78 is 0. The number of carbonyl (C=O) groups is 1. The van der Waals surface area contributed by atoms with Crippen LogP contribution in [0.15, 0.2) is 0 Å². The van der Waals surface area contributed by atoms with Crippen LogP contribution >= 0.6 is 0 Å². The van der Waals surface area contributed by atoms with Crippen LogP contribution in [0.3, 0.4) is 0 Å². The molecule has 0 heterocycles. The van der Waals surface area contributed by atoms with Crippen LogP contribution in [-0.2, 0) is 4.79 Å². The molecule has 0 spiro atoms. The average Bonchev–Trinajstić information content (AvgIpc) is 2.27. The Kier molecular flexibility index (Phi) is 10.2. The quantitative estimate of drug-likeness (QED) is 0.578. The molecule has 0 bridgehead atoms. The van der Waals surface area contributed by atoms with Crippen LogP contribution in [0, 0.1) is 0 Å². The van der Waals surface area contributed by atoms with Crippen molar-refractivity contribution in [1.29, 1.82) is 0 Å². The molecule has 0 fully saturated rings. The first-order valence-electron chi connectivity index (χ1n) is 7.12. The van der Waals surface area contributed by atoms with E-state index in [1.807, 2.05) is 0 Å². The molecule has 102 valence electrons. The molecule has 0 aliphatic rings. The second-order valence-corrected chi connectivity index (χ2v) is 5.03. The molecule has 2 N–H and O–H groups in total. The second kappa shape index (κ2) is 10.6. The maximum Gasteiger partial charge on any atom is 0.234 e. The van der Waals surface area contributed by atoms with E-state index in [-0.39, 0.29) is 5.91 Å². The average molecular weight is 242 g/mol. The third-order valence-electron chi connectivity index (χ3n) is 2.98. The molecule has 2 unspecified atom stereocenters. The highest BCUT2D eigenvalue weighted by Gasteiger charge is 2.07. The van der Waals surface area contributed by atoms with Crippen molar-refractivity contribution < 1.29 is 4.79 Å². The first-order valence-corrected chi connectivity index (χ1v) is 7.12. The molecule has 17 heavy (non-hydrogen) atoms. The zero-order valence-electron chi connectivity index (χ0n) is 12.0. The van der Waals surface area contributed by atoms with Crippen LogP contribution in [0.4, 0.5) is 0 Å². The van der Waals surface area contributed by atoms with Crippen LogP contribution in [-0.4, -0.2) is 24.5 Å². The van der Waals surface area contributed by atoms with Crippen LogP contribution < -0.4 is 10.6 Å². The number of nitrogens with one attached hydrogen (secondary N) is 2. The highest BCUT2D eigenvalue weighted by molar-refractivity contribution is 5.78. The van der Waals surface area contributed by atoms with Gasteiger partial charge in [0.2, 0.25) is 5.91 Å². The fourth-order valence-corrected chi connectivity index (χ4v) is 1.90. The molecule has 0 aromatic heterocycles. The van der Waals surface area contributed by atoms with Gasteiger partial charge < -0.3 is 10.6 Å². The maximum atomic E-state index is 11.6. The van der Waals surface area contributed by atoms with Gasteiger partial charge in [-0.3, -0.25) is 4.79 Å². The molecule has 0 aromatic rings. The Morgan fingerprint density at radius 2 is 1.71 bits per heavy atom. The molecule has 0 saturated heterocycles. The van der Waals surface area contributed by atoms with Crippen LogP contribution in [0.5, 0.6) is 0 Å². The normalized spacial score (nSPS) is 14.4. The Hall–Kier alpha value is -0.570. The first kappa shape index (κ1) is 16.4. The van der Waals surface area contributed by atoms with Crippen molar-refractivity contribution in [2.45, 2.75) is 78.3 Å². The summed E-state index contributed by atoms with van der Waals surface area (Å²) in [5, 5.41) is 6.28. The van der Waals surface area contributed by atoms with Crippen molar-refractivity contribution in [2.24, 2.45) is 0 Å². The number of hydrogen-bond donors (Lipinski definition) is 2. The predicted molar refractivity (Wildman–Crippen MR) is 74.1 cm³/mol. The minimum absolute atomic E-state index is 0.119. The van der Waals surface area contributed by atoms with Gasteiger partial charge in [-0.15, -0.1) is 0 Å². The van der Waals surface area contributed by atoms with E-state index < -0.39 is 0 Å². The van der Waals surface area contributed by atoms with Gasteiger partial charge in [0, 0.05) is 12.1 Å². The van der Waals surface area contributed by atoms with Crippen LogP contribution in [0.2, 0.25) is 0 Å². The Balaban J connectivity index is 3.54. The molecule has 0 aliphatic carbocycles. The van der Waals surface area contributed by atoms with E-state index in [2.05, 4.69) is 38.3 Å². The van der Waals surface area contributed by atoms with Gasteiger partial charge in [0.25, 0.3) is 0 Å². The molecule has 2 atom stereocenters. The Morgan fingerprint density at radius 1 is 1.00 bits per heavy atom. The summed E-state index contributed by atoms with van der Waals surface area (Å²) in [5.41, 5.74) is 0. The molecule has 3 nitrogen and oxygen atoms in total. The largest absolute Gasteiger partial charge is 0.353 e. The minimum Gasteiger partial charge on any atom is -0.353 e. The summed E-state index contributed by atoms with van der Waals surface area (Å²) in [4.78, 5) is 11.6. The summed E-state index contributed by atoms with van der Waals surface area (Å²) in [6, 6.07) is 0.735. The molecular weight excluding hydrogens is 212 g/mol. The smallest absolute Gasteiger partial charge is 0.234 e. The standard InChI is InChI=1S/C14H30N2O/c1-5-7-8-10-12(3)15-11-14(17)16-13(4)9-6-2/h12-13,15H,5-11H2,1-4H3,(H,16,17). The summed E-state index contributed by atoms with van der Waals surface area (Å²) in [7, 11) is 0. The maximum absolute atomic E-state index is 11.6. The van der Waals surface area contributed by atoms with Gasteiger partial charge >= 0.3 is 0 Å². The molecule has 1 amide bonds. The Bertz CT molecular complexity index is 195. The summed E-state index contributed by atoms with van der Waals surface area (Å²) in [5.74, 6) is 0.119. The summed E-state index contributed by atoms with van der Waals surface area (Å²) in [6.45, 7) is 9.00. The molecule has 0 rings (SSSR count). The highest BCUT2D eigenvalue weighted by Crippen LogP contribution is 2.02. The van der Waals surface area contributed by atoms with Gasteiger partial charge in [-0.1, -0.05) is 39.5 Å². The fraction of sp³-hybridized carbons (Fsp3) is 0.929. The van der Waals surface area contributed by atoms with Gasteiger partial charge in [0.05, 0.1) is 6.54 Å². The zero-order valence-corrected chi connectivity index (χ0v) is 12.0. The van der Waals surface area contributed by atoms with Crippen molar-refractivity contribution in [3.05, 3.63) is 0 Å². The summed E-state index contributed by atoms with van der Waals surface area (Å²) in [6.07, 6.45) is 7.11. The van der Waals surface area contributed by atoms with E-state index >= 15 is 0 Å². The summed E-state index contributed by atoms with van der Waals surface area (Å²) >= 11 is 0. The molecule has 0 aliphatic heterocycles. The van der Waals surface area contributed by atoms with Gasteiger partial charge in [-0.05, 0) is 26.7 Å². The number of carbonyl (C=O) groups excluding carboxylic acids is 1. The van der Waals surface area contributed by atoms with Crippen molar-refractivity contribution in [1.82, 2.24) is 10.6 Å². The van der Waals surface area contributed by atoms with Crippen molar-refractivity contribution in [2.75, 3.05) is 6.54 Å². The number of hydrogen-bond acceptors (Lipinski definition) is 2. The van der Waals surface area contributed by atoms with Crippen molar-refractivity contribution in [3.8, 4) is 0 Å². The Morgan fingerprint density at radius 3 is 2.29 bits per heavy atom. The van der Waals surface area contributed by atoms with E-state index in [0.717, 1.165) is 19.3 Å². The zero-order chi connectivity index (χ0) is 13.1. The SMILES string of the molecule is CCCCCC(C)NCC(=O)NC(C)CCC. The molecule has 0 radical (unpaired) electrons. The lowest BCUT2D eigenvalue weighted by Crippen LogP contribution is -2.41. The monoisotopic (exact) mass is 242 g/mol. The molecule has 3 heteroatoms. The van der Waals surface area contributed by atoms with E-state index in [4.69, 9.17) is 0 Å². The van der Waals surface area contributed by atoms with E-state index in [0.29, 0.717) is 18.6 Å². The third-order valence-corrected chi connectivity index (χ3v) is 2.98. The number of amides is 1. The molecular formula is C14H30N2O. The Labute approximate surface area is 107 Å². The van der Waals surface area contributed by atoms with Crippen molar-refractivity contribution in [3.63, 3.8) is 0 Å². The second-order valence-electron chi connectivity index (χ2n) is 5.03. The lowest BCUT2D eigenvalue weighted by atomic mass is 10.1. The van der Waals surface area contributed by atoms with Gasteiger partial charge in [-0.25, -0.2) is 0 Å². The van der Waals surface area contributed by atoms with Gasteiger partial charge in [-0.2, -0.15) is 0 Å².